The standard InChI is InChI=1S/C6H6F3N3O2/c1-4-5(12(13)14)11(3-10-4)2-6(7,8)9/h3H,2H2,1H3. The van der Waals surface area contributed by atoms with Crippen LogP contribution in [0.5, 0.6) is 0 Å². The van der Waals surface area contributed by atoms with Crippen molar-refractivity contribution < 1.29 is 18.1 Å². The number of imidazole rings is 1. The smallest absolute Gasteiger partial charge is 0.358 e. The minimum atomic E-state index is -4.49. The second-order valence-corrected chi connectivity index (χ2v) is 2.65. The van der Waals surface area contributed by atoms with Crippen molar-refractivity contribution >= 4 is 5.82 Å². The zero-order valence-electron chi connectivity index (χ0n) is 7.08. The molecule has 0 spiro atoms. The summed E-state index contributed by atoms with van der Waals surface area (Å²) in [6, 6.07) is 0. The fourth-order valence-electron chi connectivity index (χ4n) is 1.02. The molecule has 0 aliphatic heterocycles. The fourth-order valence-corrected chi connectivity index (χ4v) is 1.02. The van der Waals surface area contributed by atoms with Gasteiger partial charge in [-0.05, 0) is 11.8 Å². The summed E-state index contributed by atoms with van der Waals surface area (Å²) in [5, 5.41) is 10.4. The number of hydrogen-bond donors (Lipinski definition) is 0. The largest absolute Gasteiger partial charge is 0.426 e. The molecule has 0 N–H and O–H groups in total. The Labute approximate surface area is 76.3 Å². The summed E-state index contributed by atoms with van der Waals surface area (Å²) in [6.07, 6.45) is -3.68. The van der Waals surface area contributed by atoms with Crippen molar-refractivity contribution in [3.63, 3.8) is 0 Å². The van der Waals surface area contributed by atoms with Crippen LogP contribution in [0.25, 0.3) is 0 Å². The van der Waals surface area contributed by atoms with Crippen LogP contribution in [-0.4, -0.2) is 20.7 Å². The number of halogens is 3. The Morgan fingerprint density at radius 3 is 2.64 bits per heavy atom. The summed E-state index contributed by atoms with van der Waals surface area (Å²) < 4.78 is 36.2. The molecule has 78 valence electrons. The quantitative estimate of drug-likeness (QED) is 0.549. The van der Waals surface area contributed by atoms with Crippen LogP contribution in [0.2, 0.25) is 0 Å². The van der Waals surface area contributed by atoms with Gasteiger partial charge in [-0.1, -0.05) is 0 Å². The SMILES string of the molecule is Cc1ncn(CC(F)(F)F)c1[N+](=O)[O-]. The molecule has 1 aromatic rings. The van der Waals surface area contributed by atoms with Gasteiger partial charge in [0.1, 0.15) is 5.69 Å². The Morgan fingerprint density at radius 1 is 1.64 bits per heavy atom. The van der Waals surface area contributed by atoms with Gasteiger partial charge in [0.2, 0.25) is 0 Å². The predicted molar refractivity (Wildman–Crippen MR) is 39.7 cm³/mol. The summed E-state index contributed by atoms with van der Waals surface area (Å²) >= 11 is 0. The normalized spacial score (nSPS) is 11.7. The van der Waals surface area contributed by atoms with Gasteiger partial charge >= 0.3 is 12.0 Å². The highest BCUT2D eigenvalue weighted by Crippen LogP contribution is 2.23. The summed E-state index contributed by atoms with van der Waals surface area (Å²) in [5.41, 5.74) is -0.0285. The van der Waals surface area contributed by atoms with Gasteiger partial charge in [0.15, 0.2) is 12.9 Å². The second kappa shape index (κ2) is 3.28. The lowest BCUT2D eigenvalue weighted by molar-refractivity contribution is -0.393. The minimum absolute atomic E-state index is 0.0285. The molecule has 5 nitrogen and oxygen atoms in total. The van der Waals surface area contributed by atoms with Crippen molar-refractivity contribution in [3.8, 4) is 0 Å². The molecule has 0 aliphatic rings. The van der Waals surface area contributed by atoms with Crippen LogP contribution in [0.1, 0.15) is 5.69 Å². The van der Waals surface area contributed by atoms with Gasteiger partial charge in [0, 0.05) is 0 Å². The van der Waals surface area contributed by atoms with Crippen LogP contribution >= 0.6 is 0 Å². The van der Waals surface area contributed by atoms with E-state index in [4.69, 9.17) is 0 Å². The zero-order chi connectivity index (χ0) is 10.9. The fraction of sp³-hybridized carbons (Fsp3) is 0.500. The maximum atomic E-state index is 11.9. The molecular weight excluding hydrogens is 203 g/mol. The van der Waals surface area contributed by atoms with Crippen LogP contribution < -0.4 is 0 Å². The number of aryl methyl sites for hydroxylation is 1. The lowest BCUT2D eigenvalue weighted by atomic mass is 10.5. The van der Waals surface area contributed by atoms with E-state index in [1.165, 1.54) is 6.92 Å². The lowest BCUT2D eigenvalue weighted by Crippen LogP contribution is -2.18. The number of nitro groups is 1. The molecule has 1 rings (SSSR count). The third-order valence-corrected chi connectivity index (χ3v) is 1.51. The second-order valence-electron chi connectivity index (χ2n) is 2.65. The Balaban J connectivity index is 3.04. The van der Waals surface area contributed by atoms with Crippen LogP contribution in [-0.2, 0) is 6.54 Å². The van der Waals surface area contributed by atoms with Crippen LogP contribution in [0.3, 0.4) is 0 Å². The summed E-state index contributed by atoms with van der Waals surface area (Å²) in [7, 11) is 0. The van der Waals surface area contributed by atoms with Gasteiger partial charge < -0.3 is 10.1 Å². The van der Waals surface area contributed by atoms with Crippen molar-refractivity contribution in [2.45, 2.75) is 19.6 Å². The average Bonchev–Trinajstić information content (AvgIpc) is 2.27. The number of hydrogen-bond acceptors (Lipinski definition) is 3. The molecule has 0 saturated carbocycles. The van der Waals surface area contributed by atoms with E-state index in [1.54, 1.807) is 0 Å². The molecule has 0 bridgehead atoms. The van der Waals surface area contributed by atoms with Crippen LogP contribution in [0.15, 0.2) is 6.33 Å². The molecule has 0 saturated heterocycles. The monoisotopic (exact) mass is 209 g/mol. The third-order valence-electron chi connectivity index (χ3n) is 1.51. The Bertz CT molecular complexity index is 358. The van der Waals surface area contributed by atoms with Gasteiger partial charge in [-0.2, -0.15) is 13.2 Å². The molecule has 1 heterocycles. The van der Waals surface area contributed by atoms with Gasteiger partial charge in [0.05, 0.1) is 0 Å². The first-order chi connectivity index (χ1) is 6.31. The first-order valence-electron chi connectivity index (χ1n) is 3.54. The van der Waals surface area contributed by atoms with E-state index in [9.17, 15) is 23.3 Å². The minimum Gasteiger partial charge on any atom is -0.358 e. The van der Waals surface area contributed by atoms with E-state index in [2.05, 4.69) is 4.98 Å². The van der Waals surface area contributed by atoms with Gasteiger partial charge in [-0.25, -0.2) is 9.55 Å². The van der Waals surface area contributed by atoms with E-state index < -0.39 is 23.5 Å². The Morgan fingerprint density at radius 2 is 2.21 bits per heavy atom. The zero-order valence-corrected chi connectivity index (χ0v) is 7.08. The first-order valence-corrected chi connectivity index (χ1v) is 3.54. The van der Waals surface area contributed by atoms with E-state index in [1.807, 2.05) is 0 Å². The van der Waals surface area contributed by atoms with Crippen LogP contribution in [0.4, 0.5) is 19.0 Å². The molecule has 0 aromatic carbocycles. The van der Waals surface area contributed by atoms with Gasteiger partial charge in [-0.3, -0.25) is 0 Å². The maximum Gasteiger partial charge on any atom is 0.426 e. The molecule has 0 unspecified atom stereocenters. The molecule has 0 atom stereocenters. The lowest BCUT2D eigenvalue weighted by Gasteiger charge is -2.04. The molecule has 0 radical (unpaired) electrons. The number of aromatic nitrogens is 2. The predicted octanol–water partition coefficient (Wildman–Crippen LogP) is 1.66. The topological polar surface area (TPSA) is 61.0 Å². The van der Waals surface area contributed by atoms with E-state index in [-0.39, 0.29) is 5.69 Å². The maximum absolute atomic E-state index is 11.9. The summed E-state index contributed by atoms with van der Waals surface area (Å²) in [5.74, 6) is -0.623. The molecule has 1 aromatic heterocycles. The number of rotatable bonds is 2. The first kappa shape index (κ1) is 10.5. The van der Waals surface area contributed by atoms with E-state index in [0.29, 0.717) is 4.57 Å². The van der Waals surface area contributed by atoms with E-state index in [0.717, 1.165) is 6.33 Å². The average molecular weight is 209 g/mol. The van der Waals surface area contributed by atoms with Crippen molar-refractivity contribution in [2.24, 2.45) is 0 Å². The van der Waals surface area contributed by atoms with Gasteiger partial charge in [-0.15, -0.1) is 0 Å². The highest BCUT2D eigenvalue weighted by Gasteiger charge is 2.34. The Hall–Kier alpha value is -1.60. The molecule has 8 heteroatoms. The highest BCUT2D eigenvalue weighted by molar-refractivity contribution is 5.26. The molecule has 0 amide bonds. The van der Waals surface area contributed by atoms with Crippen molar-refractivity contribution in [3.05, 3.63) is 22.1 Å². The van der Waals surface area contributed by atoms with Gasteiger partial charge in [0.25, 0.3) is 0 Å². The van der Waals surface area contributed by atoms with Crippen molar-refractivity contribution in [2.75, 3.05) is 0 Å². The van der Waals surface area contributed by atoms with Crippen molar-refractivity contribution in [1.82, 2.24) is 9.55 Å². The van der Waals surface area contributed by atoms with E-state index >= 15 is 0 Å². The summed E-state index contributed by atoms with van der Waals surface area (Å²) in [4.78, 5) is 12.9. The summed E-state index contributed by atoms with van der Waals surface area (Å²) in [6.45, 7) is -0.116. The number of alkyl halides is 3. The highest BCUT2D eigenvalue weighted by atomic mass is 19.4. The molecule has 0 aliphatic carbocycles. The molecular formula is C6H6F3N3O2. The molecule has 0 fully saturated rings. The third kappa shape index (κ3) is 2.21. The van der Waals surface area contributed by atoms with Crippen LogP contribution in [0, 0.1) is 17.0 Å². The molecule has 14 heavy (non-hydrogen) atoms. The Kier molecular flexibility index (Phi) is 2.45. The van der Waals surface area contributed by atoms with Crippen molar-refractivity contribution in [1.29, 1.82) is 0 Å². The number of nitrogens with zero attached hydrogens (tertiary/aromatic N) is 3.